The van der Waals surface area contributed by atoms with Crippen molar-refractivity contribution in [2.75, 3.05) is 18.4 Å². The van der Waals surface area contributed by atoms with Gasteiger partial charge in [-0.05, 0) is 25.0 Å². The van der Waals surface area contributed by atoms with E-state index in [2.05, 4.69) is 15.3 Å². The van der Waals surface area contributed by atoms with E-state index < -0.39 is 0 Å². The van der Waals surface area contributed by atoms with Crippen LogP contribution in [0.5, 0.6) is 0 Å². The number of benzene rings is 1. The Labute approximate surface area is 134 Å². The van der Waals surface area contributed by atoms with Crippen molar-refractivity contribution in [3.05, 3.63) is 54.6 Å². The Morgan fingerprint density at radius 2 is 2.00 bits per heavy atom. The Hall–Kier alpha value is -2.76. The van der Waals surface area contributed by atoms with Crippen molar-refractivity contribution in [3.8, 4) is 0 Å². The summed E-state index contributed by atoms with van der Waals surface area (Å²) in [4.78, 5) is 34.5. The van der Waals surface area contributed by atoms with Gasteiger partial charge in [-0.25, -0.2) is 4.98 Å². The van der Waals surface area contributed by atoms with Crippen molar-refractivity contribution >= 4 is 17.5 Å². The van der Waals surface area contributed by atoms with Crippen molar-refractivity contribution in [2.45, 2.75) is 12.8 Å². The Morgan fingerprint density at radius 3 is 2.74 bits per heavy atom. The van der Waals surface area contributed by atoms with Gasteiger partial charge in [-0.1, -0.05) is 18.2 Å². The summed E-state index contributed by atoms with van der Waals surface area (Å²) < 4.78 is 0. The highest BCUT2D eigenvalue weighted by atomic mass is 16.2. The number of rotatable bonds is 3. The van der Waals surface area contributed by atoms with Gasteiger partial charge < -0.3 is 10.2 Å². The van der Waals surface area contributed by atoms with Crippen molar-refractivity contribution in [2.24, 2.45) is 5.92 Å². The first kappa shape index (κ1) is 15.1. The molecule has 2 aromatic rings. The van der Waals surface area contributed by atoms with Crippen LogP contribution in [0.1, 0.15) is 23.3 Å². The number of carbonyl (C=O) groups excluding carboxylic acids is 2. The molecular formula is C17H18N4O2. The minimum atomic E-state index is -0.204. The van der Waals surface area contributed by atoms with Gasteiger partial charge in [0.1, 0.15) is 5.69 Å². The number of para-hydroxylation sites is 1. The third-order valence-corrected chi connectivity index (χ3v) is 3.90. The Balaban J connectivity index is 1.64. The minimum Gasteiger partial charge on any atom is -0.336 e. The zero-order valence-electron chi connectivity index (χ0n) is 12.7. The topological polar surface area (TPSA) is 75.2 Å². The molecule has 6 nitrogen and oxygen atoms in total. The molecule has 0 saturated carbocycles. The third kappa shape index (κ3) is 3.71. The average molecular weight is 310 g/mol. The van der Waals surface area contributed by atoms with Crippen LogP contribution in [0.25, 0.3) is 0 Å². The fourth-order valence-electron chi connectivity index (χ4n) is 2.71. The van der Waals surface area contributed by atoms with Crippen LogP contribution in [0.4, 0.5) is 5.69 Å². The van der Waals surface area contributed by atoms with Crippen LogP contribution < -0.4 is 5.32 Å². The van der Waals surface area contributed by atoms with Crippen molar-refractivity contribution in [1.82, 2.24) is 14.9 Å². The number of hydrogen-bond donors (Lipinski definition) is 1. The van der Waals surface area contributed by atoms with Gasteiger partial charge in [-0.3, -0.25) is 14.6 Å². The Kier molecular flexibility index (Phi) is 4.61. The summed E-state index contributed by atoms with van der Waals surface area (Å²) in [5, 5.41) is 2.91. The molecule has 1 N–H and O–H groups in total. The molecule has 1 aromatic heterocycles. The number of amides is 2. The van der Waals surface area contributed by atoms with Crippen molar-refractivity contribution in [3.63, 3.8) is 0 Å². The van der Waals surface area contributed by atoms with Gasteiger partial charge >= 0.3 is 0 Å². The van der Waals surface area contributed by atoms with E-state index in [4.69, 9.17) is 0 Å². The Bertz CT molecular complexity index is 676. The fourth-order valence-corrected chi connectivity index (χ4v) is 2.71. The monoisotopic (exact) mass is 310 g/mol. The largest absolute Gasteiger partial charge is 0.336 e. The average Bonchev–Trinajstić information content (AvgIpc) is 2.63. The molecule has 3 rings (SSSR count). The van der Waals surface area contributed by atoms with Crippen molar-refractivity contribution < 1.29 is 9.59 Å². The molecule has 0 unspecified atom stereocenters. The molecule has 0 spiro atoms. The van der Waals surface area contributed by atoms with E-state index in [0.29, 0.717) is 18.8 Å². The smallest absolute Gasteiger partial charge is 0.274 e. The first-order valence-corrected chi connectivity index (χ1v) is 7.65. The van der Waals surface area contributed by atoms with E-state index in [1.165, 1.54) is 18.6 Å². The molecular weight excluding hydrogens is 292 g/mol. The summed E-state index contributed by atoms with van der Waals surface area (Å²) in [6.45, 7) is 1.05. The lowest BCUT2D eigenvalue weighted by molar-refractivity contribution is -0.121. The summed E-state index contributed by atoms with van der Waals surface area (Å²) in [6.07, 6.45) is 6.07. The zero-order chi connectivity index (χ0) is 16.1. The number of aromatic nitrogens is 2. The molecule has 2 heterocycles. The minimum absolute atomic E-state index is 0.0483. The maximum absolute atomic E-state index is 12.4. The van der Waals surface area contributed by atoms with Gasteiger partial charge in [0.05, 0.1) is 12.1 Å². The van der Waals surface area contributed by atoms with Crippen LogP contribution >= 0.6 is 0 Å². The molecule has 1 aliphatic rings. The molecule has 1 fully saturated rings. The number of anilines is 1. The molecule has 1 aliphatic heterocycles. The highest BCUT2D eigenvalue weighted by Gasteiger charge is 2.29. The van der Waals surface area contributed by atoms with E-state index in [1.54, 1.807) is 4.90 Å². The predicted molar refractivity (Wildman–Crippen MR) is 85.7 cm³/mol. The van der Waals surface area contributed by atoms with Crippen molar-refractivity contribution in [1.29, 1.82) is 0 Å². The molecule has 0 radical (unpaired) electrons. The van der Waals surface area contributed by atoms with Gasteiger partial charge in [0.15, 0.2) is 0 Å². The van der Waals surface area contributed by atoms with E-state index in [-0.39, 0.29) is 17.7 Å². The Morgan fingerprint density at radius 1 is 1.17 bits per heavy atom. The molecule has 0 aliphatic carbocycles. The maximum atomic E-state index is 12.4. The first-order valence-electron chi connectivity index (χ1n) is 7.65. The molecule has 2 amide bonds. The normalized spacial score (nSPS) is 17.6. The first-order chi connectivity index (χ1) is 11.2. The lowest BCUT2D eigenvalue weighted by Gasteiger charge is -2.31. The fraction of sp³-hybridized carbons (Fsp3) is 0.294. The summed E-state index contributed by atoms with van der Waals surface area (Å²) in [5.41, 5.74) is 1.09. The standard InChI is InChI=1S/C17H18N4O2/c22-16(20-14-6-2-1-3-7-14)13-5-4-10-21(12-13)17(23)15-11-18-8-9-19-15/h1-3,6-9,11,13H,4-5,10,12H2,(H,20,22)/t13-/m0/s1. The zero-order valence-corrected chi connectivity index (χ0v) is 12.7. The quantitative estimate of drug-likeness (QED) is 0.940. The van der Waals surface area contributed by atoms with Crippen LogP contribution in [-0.2, 0) is 4.79 Å². The predicted octanol–water partition coefficient (Wildman–Crippen LogP) is 1.97. The second kappa shape index (κ2) is 7.00. The number of likely N-dealkylation sites (tertiary alicyclic amines) is 1. The second-order valence-corrected chi connectivity index (χ2v) is 5.54. The SMILES string of the molecule is O=C(Nc1ccccc1)[C@H]1CCCN(C(=O)c2cnccn2)C1. The van der Waals surface area contributed by atoms with E-state index in [0.717, 1.165) is 18.5 Å². The van der Waals surface area contributed by atoms with Gasteiger partial charge in [0, 0.05) is 31.2 Å². The summed E-state index contributed by atoms with van der Waals surface area (Å²) >= 11 is 0. The van der Waals surface area contributed by atoms with Crippen LogP contribution in [0.15, 0.2) is 48.9 Å². The van der Waals surface area contributed by atoms with Crippen LogP contribution in [0.2, 0.25) is 0 Å². The molecule has 0 bridgehead atoms. The van der Waals surface area contributed by atoms with Gasteiger partial charge in [-0.2, -0.15) is 0 Å². The van der Waals surface area contributed by atoms with Crippen LogP contribution in [0, 0.1) is 5.92 Å². The van der Waals surface area contributed by atoms with Gasteiger partial charge in [0.2, 0.25) is 5.91 Å². The van der Waals surface area contributed by atoms with Gasteiger partial charge in [-0.15, -0.1) is 0 Å². The van der Waals surface area contributed by atoms with E-state index in [9.17, 15) is 9.59 Å². The van der Waals surface area contributed by atoms with Crippen LogP contribution in [0.3, 0.4) is 0 Å². The molecule has 23 heavy (non-hydrogen) atoms. The highest BCUT2D eigenvalue weighted by Crippen LogP contribution is 2.20. The summed E-state index contributed by atoms with van der Waals surface area (Å²) in [5.74, 6) is -0.423. The summed E-state index contributed by atoms with van der Waals surface area (Å²) in [6, 6.07) is 9.35. The number of nitrogens with one attached hydrogen (secondary N) is 1. The highest BCUT2D eigenvalue weighted by molar-refractivity contribution is 5.95. The molecule has 118 valence electrons. The summed E-state index contributed by atoms with van der Waals surface area (Å²) in [7, 11) is 0. The number of carbonyl (C=O) groups is 2. The van der Waals surface area contributed by atoms with E-state index in [1.807, 2.05) is 30.3 Å². The lowest BCUT2D eigenvalue weighted by Crippen LogP contribution is -2.44. The second-order valence-electron chi connectivity index (χ2n) is 5.54. The number of hydrogen-bond acceptors (Lipinski definition) is 4. The maximum Gasteiger partial charge on any atom is 0.274 e. The van der Waals surface area contributed by atoms with Crippen LogP contribution in [-0.4, -0.2) is 39.8 Å². The number of piperidine rings is 1. The molecule has 1 atom stereocenters. The molecule has 1 saturated heterocycles. The van der Waals surface area contributed by atoms with Gasteiger partial charge in [0.25, 0.3) is 5.91 Å². The molecule has 6 heteroatoms. The number of nitrogens with zero attached hydrogens (tertiary/aromatic N) is 3. The third-order valence-electron chi connectivity index (χ3n) is 3.90. The van der Waals surface area contributed by atoms with E-state index >= 15 is 0 Å². The molecule has 1 aromatic carbocycles. The lowest BCUT2D eigenvalue weighted by atomic mass is 9.96.